The highest BCUT2D eigenvalue weighted by molar-refractivity contribution is 5.99. The van der Waals surface area contributed by atoms with Crippen LogP contribution < -0.4 is 16.2 Å². The zero-order chi connectivity index (χ0) is 10.4. The van der Waals surface area contributed by atoms with Gasteiger partial charge in [0.2, 0.25) is 5.91 Å². The summed E-state index contributed by atoms with van der Waals surface area (Å²) in [6.07, 6.45) is 2.41. The molecule has 78 valence electrons. The molecule has 0 bridgehead atoms. The molecule has 15 heavy (non-hydrogen) atoms. The summed E-state index contributed by atoms with van der Waals surface area (Å²) < 4.78 is 0. The summed E-state index contributed by atoms with van der Waals surface area (Å²) >= 11 is 0. The van der Waals surface area contributed by atoms with Gasteiger partial charge in [0.15, 0.2) is 0 Å². The minimum absolute atomic E-state index is 0.259. The number of amides is 1. The fraction of sp³-hybridized carbons (Fsp3) is 0.364. The zero-order valence-electron chi connectivity index (χ0n) is 8.42. The van der Waals surface area contributed by atoms with E-state index in [-0.39, 0.29) is 5.91 Å². The number of hydrogen-bond acceptors (Lipinski definition) is 3. The van der Waals surface area contributed by atoms with Crippen LogP contribution in [0.25, 0.3) is 0 Å². The van der Waals surface area contributed by atoms with Gasteiger partial charge in [-0.1, -0.05) is 0 Å². The largest absolute Gasteiger partial charge is 0.324 e. The van der Waals surface area contributed by atoms with E-state index in [0.717, 1.165) is 30.8 Å². The van der Waals surface area contributed by atoms with Crippen LogP contribution >= 0.6 is 0 Å². The summed E-state index contributed by atoms with van der Waals surface area (Å²) in [7, 11) is 0. The first-order valence-corrected chi connectivity index (χ1v) is 5.22. The van der Waals surface area contributed by atoms with Crippen molar-refractivity contribution in [2.24, 2.45) is 5.84 Å². The lowest BCUT2D eigenvalue weighted by molar-refractivity contribution is -0.118. The molecule has 2 aliphatic heterocycles. The van der Waals surface area contributed by atoms with E-state index in [0.29, 0.717) is 6.42 Å². The van der Waals surface area contributed by atoms with Crippen LogP contribution in [0, 0.1) is 0 Å². The molecule has 0 atom stereocenters. The molecule has 0 saturated carbocycles. The molecule has 2 heterocycles. The zero-order valence-corrected chi connectivity index (χ0v) is 8.42. The molecule has 0 radical (unpaired) electrons. The normalized spacial score (nSPS) is 17.9. The molecule has 0 unspecified atom stereocenters. The Morgan fingerprint density at radius 3 is 2.67 bits per heavy atom. The first-order chi connectivity index (χ1) is 7.29. The molecule has 3 N–H and O–H groups in total. The molecule has 0 spiro atoms. The summed E-state index contributed by atoms with van der Waals surface area (Å²) in [5.74, 6) is 5.68. The molecule has 0 aliphatic carbocycles. The Labute approximate surface area is 88.0 Å². The van der Waals surface area contributed by atoms with Crippen molar-refractivity contribution >= 4 is 17.3 Å². The third-order valence-electron chi connectivity index (χ3n) is 3.22. The Kier molecular flexibility index (Phi) is 1.73. The molecule has 0 saturated heterocycles. The maximum absolute atomic E-state index is 11.7. The summed E-state index contributed by atoms with van der Waals surface area (Å²) in [4.78, 5) is 13.6. The predicted molar refractivity (Wildman–Crippen MR) is 58.6 cm³/mol. The van der Waals surface area contributed by atoms with E-state index in [1.54, 1.807) is 0 Å². The number of benzene rings is 1. The van der Waals surface area contributed by atoms with Crippen molar-refractivity contribution in [1.29, 1.82) is 0 Å². The van der Waals surface area contributed by atoms with Crippen LogP contribution in [0.4, 0.5) is 11.4 Å². The van der Waals surface area contributed by atoms with E-state index in [2.05, 4.69) is 5.43 Å². The van der Waals surface area contributed by atoms with Crippen molar-refractivity contribution in [2.45, 2.75) is 19.3 Å². The Balaban J connectivity index is 2.18. The van der Waals surface area contributed by atoms with Gasteiger partial charge in [0.05, 0.1) is 5.69 Å². The van der Waals surface area contributed by atoms with Gasteiger partial charge in [-0.15, -0.1) is 0 Å². The van der Waals surface area contributed by atoms with E-state index < -0.39 is 0 Å². The highest BCUT2D eigenvalue weighted by Gasteiger charge is 2.31. The summed E-state index contributed by atoms with van der Waals surface area (Å²) in [5, 5.41) is 0. The number of nitrogens with one attached hydrogen (secondary N) is 1. The highest BCUT2D eigenvalue weighted by atomic mass is 16.2. The highest BCUT2D eigenvalue weighted by Crippen LogP contribution is 2.38. The molecular weight excluding hydrogens is 190 g/mol. The molecule has 1 aromatic rings. The van der Waals surface area contributed by atoms with Gasteiger partial charge in [0.1, 0.15) is 0 Å². The second-order valence-electron chi connectivity index (χ2n) is 4.08. The fourth-order valence-electron chi connectivity index (χ4n) is 2.54. The number of nitrogen functional groups attached to an aromatic ring is 1. The van der Waals surface area contributed by atoms with Gasteiger partial charge in [-0.05, 0) is 36.1 Å². The summed E-state index contributed by atoms with van der Waals surface area (Å²) in [6, 6.07) is 4.08. The average Bonchev–Trinajstić information content (AvgIpc) is 2.68. The van der Waals surface area contributed by atoms with Crippen LogP contribution in [0.15, 0.2) is 12.1 Å². The molecule has 1 amide bonds. The van der Waals surface area contributed by atoms with Gasteiger partial charge in [-0.25, -0.2) is 0 Å². The van der Waals surface area contributed by atoms with Gasteiger partial charge in [-0.3, -0.25) is 10.6 Å². The average molecular weight is 203 g/mol. The second-order valence-corrected chi connectivity index (χ2v) is 4.08. The predicted octanol–water partition coefficient (Wildman–Crippen LogP) is 0.807. The Hall–Kier alpha value is -1.55. The van der Waals surface area contributed by atoms with E-state index in [1.807, 2.05) is 17.0 Å². The summed E-state index contributed by atoms with van der Waals surface area (Å²) in [6.45, 7) is 0.829. The van der Waals surface area contributed by atoms with Crippen LogP contribution in [0.1, 0.15) is 17.5 Å². The van der Waals surface area contributed by atoms with E-state index in [1.165, 1.54) is 11.1 Å². The number of aryl methyl sites for hydroxylation is 1. The minimum atomic E-state index is 0.259. The lowest BCUT2D eigenvalue weighted by atomic mass is 9.99. The number of nitrogens with zero attached hydrogens (tertiary/aromatic N) is 1. The van der Waals surface area contributed by atoms with Gasteiger partial charge >= 0.3 is 0 Å². The van der Waals surface area contributed by atoms with Crippen molar-refractivity contribution < 1.29 is 4.79 Å². The smallest absolute Gasteiger partial charge is 0.227 e. The van der Waals surface area contributed by atoms with Crippen molar-refractivity contribution in [2.75, 3.05) is 16.9 Å². The SMILES string of the molecule is NNc1cc2c3c(c1)CCN3C(=O)CC2. The lowest BCUT2D eigenvalue weighted by Gasteiger charge is -2.25. The van der Waals surface area contributed by atoms with Gasteiger partial charge < -0.3 is 10.3 Å². The molecular formula is C11H13N3O. The Bertz CT molecular complexity index is 442. The number of hydrogen-bond donors (Lipinski definition) is 2. The van der Waals surface area contributed by atoms with Crippen molar-refractivity contribution in [1.82, 2.24) is 0 Å². The number of carbonyl (C=O) groups excluding carboxylic acids is 1. The third kappa shape index (κ3) is 1.15. The molecule has 0 aromatic heterocycles. The molecule has 0 fully saturated rings. The Morgan fingerprint density at radius 2 is 1.93 bits per heavy atom. The maximum atomic E-state index is 11.7. The van der Waals surface area contributed by atoms with Crippen LogP contribution in [-0.4, -0.2) is 12.5 Å². The quantitative estimate of drug-likeness (QED) is 0.524. The standard InChI is InChI=1S/C11H13N3O/c12-13-9-5-7-1-2-10(15)14-4-3-8(6-9)11(7)14/h5-6,13H,1-4,12H2. The first kappa shape index (κ1) is 8.73. The van der Waals surface area contributed by atoms with Crippen molar-refractivity contribution in [3.05, 3.63) is 23.3 Å². The number of carbonyl (C=O) groups is 1. The molecule has 3 rings (SSSR count). The van der Waals surface area contributed by atoms with Crippen LogP contribution in [0.5, 0.6) is 0 Å². The third-order valence-corrected chi connectivity index (χ3v) is 3.22. The fourth-order valence-corrected chi connectivity index (χ4v) is 2.54. The topological polar surface area (TPSA) is 58.4 Å². The van der Waals surface area contributed by atoms with Crippen LogP contribution in [0.3, 0.4) is 0 Å². The van der Waals surface area contributed by atoms with Gasteiger partial charge in [0, 0.05) is 18.7 Å². The number of nitrogens with two attached hydrogens (primary N) is 1. The monoisotopic (exact) mass is 203 g/mol. The second kappa shape index (κ2) is 2.97. The summed E-state index contributed by atoms with van der Waals surface area (Å²) in [5.41, 5.74) is 7.26. The van der Waals surface area contributed by atoms with E-state index in [4.69, 9.17) is 5.84 Å². The molecule has 4 nitrogen and oxygen atoms in total. The molecule has 1 aromatic carbocycles. The van der Waals surface area contributed by atoms with E-state index >= 15 is 0 Å². The van der Waals surface area contributed by atoms with Crippen molar-refractivity contribution in [3.8, 4) is 0 Å². The first-order valence-electron chi connectivity index (χ1n) is 5.22. The van der Waals surface area contributed by atoms with E-state index in [9.17, 15) is 4.79 Å². The minimum Gasteiger partial charge on any atom is -0.324 e. The lowest BCUT2D eigenvalue weighted by Crippen LogP contribution is -2.32. The van der Waals surface area contributed by atoms with Crippen LogP contribution in [0.2, 0.25) is 0 Å². The molecule has 2 aliphatic rings. The van der Waals surface area contributed by atoms with Crippen molar-refractivity contribution in [3.63, 3.8) is 0 Å². The number of hydrazine groups is 1. The maximum Gasteiger partial charge on any atom is 0.227 e. The van der Waals surface area contributed by atoms with Gasteiger partial charge in [-0.2, -0.15) is 0 Å². The van der Waals surface area contributed by atoms with Gasteiger partial charge in [0.25, 0.3) is 0 Å². The number of rotatable bonds is 1. The van der Waals surface area contributed by atoms with Crippen LogP contribution in [-0.2, 0) is 17.6 Å². The number of anilines is 2. The Morgan fingerprint density at radius 1 is 1.20 bits per heavy atom. The molecule has 4 heteroatoms.